The average molecular weight is 222 g/mol. The van der Waals surface area contributed by atoms with Gasteiger partial charge in [-0.2, -0.15) is 0 Å². The zero-order chi connectivity index (χ0) is 10.9. The lowest BCUT2D eigenvalue weighted by atomic mass is 10.2. The minimum absolute atomic E-state index is 0.818. The van der Waals surface area contributed by atoms with Gasteiger partial charge in [0.2, 0.25) is 0 Å². The first kappa shape index (κ1) is 12.3. The Labute approximate surface area is 96.3 Å². The quantitative estimate of drug-likeness (QED) is 0.391. The highest BCUT2D eigenvalue weighted by atomic mass is 32.2. The van der Waals surface area contributed by atoms with Gasteiger partial charge in [0.1, 0.15) is 0 Å². The molecular weight excluding hydrogens is 204 g/mol. The van der Waals surface area contributed by atoms with Gasteiger partial charge in [-0.15, -0.1) is 11.8 Å². The van der Waals surface area contributed by atoms with Gasteiger partial charge < -0.3 is 0 Å². The van der Waals surface area contributed by atoms with E-state index >= 15 is 0 Å². The Morgan fingerprint density at radius 2 is 2.00 bits per heavy atom. The van der Waals surface area contributed by atoms with Crippen molar-refractivity contribution in [2.45, 2.75) is 37.5 Å². The lowest BCUT2D eigenvalue weighted by Crippen LogP contribution is -1.86. The Bertz CT molecular complexity index is 296. The summed E-state index contributed by atoms with van der Waals surface area (Å²) < 4.78 is 0. The molecule has 0 aliphatic heterocycles. The van der Waals surface area contributed by atoms with Crippen molar-refractivity contribution in [1.82, 2.24) is 0 Å². The van der Waals surface area contributed by atoms with Crippen LogP contribution in [0.5, 0.6) is 0 Å². The Morgan fingerprint density at radius 1 is 1.20 bits per heavy atom. The van der Waals surface area contributed by atoms with Crippen LogP contribution in [-0.2, 0) is 0 Å². The molecule has 0 saturated heterocycles. The summed E-state index contributed by atoms with van der Waals surface area (Å²) in [7, 11) is 0. The van der Waals surface area contributed by atoms with Crippen molar-refractivity contribution in [3.05, 3.63) is 29.8 Å². The molecule has 0 aliphatic rings. The van der Waals surface area contributed by atoms with Crippen molar-refractivity contribution in [3.63, 3.8) is 0 Å². The van der Waals surface area contributed by atoms with Crippen LogP contribution in [0.1, 0.15) is 43.0 Å². The Hall–Kier alpha value is -0.760. The number of hydrogen-bond acceptors (Lipinski definition) is 2. The molecule has 0 aromatic heterocycles. The van der Waals surface area contributed by atoms with Gasteiger partial charge in [0, 0.05) is 10.5 Å². The summed E-state index contributed by atoms with van der Waals surface area (Å²) >= 11 is 1.79. The number of rotatable bonds is 7. The smallest absolute Gasteiger partial charge is 0.151 e. The average Bonchev–Trinajstić information content (AvgIpc) is 2.29. The number of carbonyl (C=O) groups is 1. The fourth-order valence-electron chi connectivity index (χ4n) is 1.42. The van der Waals surface area contributed by atoms with Crippen LogP contribution in [0.4, 0.5) is 0 Å². The highest BCUT2D eigenvalue weighted by Crippen LogP contribution is 2.22. The number of carbonyl (C=O) groups excluding carboxylic acids is 1. The largest absolute Gasteiger partial charge is 0.298 e. The molecule has 0 atom stereocenters. The minimum atomic E-state index is 0.818. The van der Waals surface area contributed by atoms with Crippen molar-refractivity contribution in [3.8, 4) is 0 Å². The highest BCUT2D eigenvalue weighted by Gasteiger charge is 2.00. The van der Waals surface area contributed by atoms with E-state index in [2.05, 4.69) is 6.92 Å². The van der Waals surface area contributed by atoms with Crippen molar-refractivity contribution >= 4 is 18.0 Å². The SMILES string of the molecule is CCCCCCSc1ccccc1C=O. The monoisotopic (exact) mass is 222 g/mol. The molecule has 1 rings (SSSR count). The first-order chi connectivity index (χ1) is 7.38. The molecule has 1 aromatic rings. The molecule has 0 unspecified atom stereocenters. The van der Waals surface area contributed by atoms with Crippen LogP contribution < -0.4 is 0 Å². The molecule has 0 spiro atoms. The van der Waals surface area contributed by atoms with Gasteiger partial charge in [-0.3, -0.25) is 4.79 Å². The molecule has 0 amide bonds. The van der Waals surface area contributed by atoms with E-state index in [1.54, 1.807) is 11.8 Å². The van der Waals surface area contributed by atoms with E-state index in [4.69, 9.17) is 0 Å². The predicted molar refractivity (Wildman–Crippen MR) is 66.7 cm³/mol. The zero-order valence-electron chi connectivity index (χ0n) is 9.24. The van der Waals surface area contributed by atoms with Crippen molar-refractivity contribution in [2.24, 2.45) is 0 Å². The fraction of sp³-hybridized carbons (Fsp3) is 0.462. The normalized spacial score (nSPS) is 10.2. The molecule has 0 radical (unpaired) electrons. The second-order valence-electron chi connectivity index (χ2n) is 3.56. The molecular formula is C13H18OS. The van der Waals surface area contributed by atoms with Crippen LogP contribution in [0.25, 0.3) is 0 Å². The lowest BCUT2D eigenvalue weighted by molar-refractivity contribution is 0.112. The summed E-state index contributed by atoms with van der Waals surface area (Å²) in [5, 5.41) is 0. The van der Waals surface area contributed by atoms with Crippen LogP contribution in [0.2, 0.25) is 0 Å². The summed E-state index contributed by atoms with van der Waals surface area (Å²) in [4.78, 5) is 11.9. The topological polar surface area (TPSA) is 17.1 Å². The van der Waals surface area contributed by atoms with Crippen molar-refractivity contribution in [2.75, 3.05) is 5.75 Å². The van der Waals surface area contributed by atoms with E-state index in [0.717, 1.165) is 22.5 Å². The van der Waals surface area contributed by atoms with Gasteiger partial charge >= 0.3 is 0 Å². The Balaban J connectivity index is 2.33. The predicted octanol–water partition coefficient (Wildman–Crippen LogP) is 4.17. The van der Waals surface area contributed by atoms with Gasteiger partial charge in [0.15, 0.2) is 6.29 Å². The second-order valence-corrected chi connectivity index (χ2v) is 4.70. The molecule has 0 heterocycles. The van der Waals surface area contributed by atoms with E-state index in [9.17, 15) is 4.79 Å². The molecule has 1 nitrogen and oxygen atoms in total. The first-order valence-electron chi connectivity index (χ1n) is 5.55. The van der Waals surface area contributed by atoms with Crippen LogP contribution in [-0.4, -0.2) is 12.0 Å². The van der Waals surface area contributed by atoms with E-state index in [0.29, 0.717) is 0 Å². The van der Waals surface area contributed by atoms with E-state index in [-0.39, 0.29) is 0 Å². The maximum atomic E-state index is 10.7. The molecule has 82 valence electrons. The number of benzene rings is 1. The van der Waals surface area contributed by atoms with E-state index in [1.807, 2.05) is 24.3 Å². The van der Waals surface area contributed by atoms with Crippen LogP contribution >= 0.6 is 11.8 Å². The molecule has 1 aromatic carbocycles. The maximum Gasteiger partial charge on any atom is 0.151 e. The molecule has 0 saturated carbocycles. The minimum Gasteiger partial charge on any atom is -0.298 e. The van der Waals surface area contributed by atoms with Gasteiger partial charge in [-0.05, 0) is 18.2 Å². The number of thioether (sulfide) groups is 1. The van der Waals surface area contributed by atoms with Crippen LogP contribution in [0.15, 0.2) is 29.2 Å². The molecule has 0 fully saturated rings. The van der Waals surface area contributed by atoms with Crippen LogP contribution in [0.3, 0.4) is 0 Å². The fourth-order valence-corrected chi connectivity index (χ4v) is 2.45. The summed E-state index contributed by atoms with van der Waals surface area (Å²) in [6.45, 7) is 2.22. The van der Waals surface area contributed by atoms with Crippen LogP contribution in [0, 0.1) is 0 Å². The first-order valence-corrected chi connectivity index (χ1v) is 6.54. The van der Waals surface area contributed by atoms with Gasteiger partial charge in [-0.25, -0.2) is 0 Å². The molecule has 15 heavy (non-hydrogen) atoms. The van der Waals surface area contributed by atoms with Gasteiger partial charge in [0.05, 0.1) is 0 Å². The number of aldehydes is 1. The third kappa shape index (κ3) is 4.52. The second kappa shape index (κ2) is 7.52. The number of unbranched alkanes of at least 4 members (excludes halogenated alkanes) is 3. The van der Waals surface area contributed by atoms with E-state index < -0.39 is 0 Å². The standard InChI is InChI=1S/C13H18OS/c1-2-3-4-7-10-15-13-9-6-5-8-12(13)11-14/h5-6,8-9,11H,2-4,7,10H2,1H3. The summed E-state index contributed by atoms with van der Waals surface area (Å²) in [6.07, 6.45) is 6.07. The molecule has 0 aliphatic carbocycles. The van der Waals surface area contributed by atoms with Gasteiger partial charge in [0.25, 0.3) is 0 Å². The molecule has 0 N–H and O–H groups in total. The summed E-state index contributed by atoms with van der Waals surface area (Å²) in [5.41, 5.74) is 0.818. The van der Waals surface area contributed by atoms with E-state index in [1.165, 1.54) is 25.7 Å². The van der Waals surface area contributed by atoms with Crippen molar-refractivity contribution < 1.29 is 4.79 Å². The van der Waals surface area contributed by atoms with Gasteiger partial charge in [-0.1, -0.05) is 44.4 Å². The zero-order valence-corrected chi connectivity index (χ0v) is 10.1. The summed E-state index contributed by atoms with van der Waals surface area (Å²) in [5.74, 6) is 1.12. The summed E-state index contributed by atoms with van der Waals surface area (Å²) in [6, 6.07) is 7.79. The third-order valence-corrected chi connectivity index (χ3v) is 3.48. The maximum absolute atomic E-state index is 10.7. The highest BCUT2D eigenvalue weighted by molar-refractivity contribution is 7.99. The molecule has 2 heteroatoms. The Kier molecular flexibility index (Phi) is 6.17. The van der Waals surface area contributed by atoms with Crippen molar-refractivity contribution in [1.29, 1.82) is 0 Å². The molecule has 0 bridgehead atoms. The third-order valence-electron chi connectivity index (χ3n) is 2.30. The lowest BCUT2D eigenvalue weighted by Gasteiger charge is -2.03. The number of hydrogen-bond donors (Lipinski definition) is 0. The Morgan fingerprint density at radius 3 is 2.73 bits per heavy atom.